The smallest absolute Gasteiger partial charge is 0.316 e. The van der Waals surface area contributed by atoms with E-state index in [0.717, 1.165) is 22.0 Å². The second-order valence-corrected chi connectivity index (χ2v) is 6.41. The molecule has 1 aliphatic heterocycles. The van der Waals surface area contributed by atoms with Crippen LogP contribution in [0.5, 0.6) is 6.01 Å². The topological polar surface area (TPSA) is 90.2 Å². The fourth-order valence-electron chi connectivity index (χ4n) is 2.51. The van der Waals surface area contributed by atoms with E-state index >= 15 is 0 Å². The first-order valence-corrected chi connectivity index (χ1v) is 8.30. The maximum atomic E-state index is 12.6. The Bertz CT molecular complexity index is 792. The highest BCUT2D eigenvalue weighted by Gasteiger charge is 2.27. The number of carbonyl (C=O) groups excluding carboxylic acids is 1. The molecule has 8 nitrogen and oxygen atoms in total. The molecule has 0 unspecified atom stereocenters. The predicted molar refractivity (Wildman–Crippen MR) is 88.8 cm³/mol. The lowest BCUT2D eigenvalue weighted by atomic mass is 10.1. The Kier molecular flexibility index (Phi) is 4.89. The molecule has 1 saturated heterocycles. The summed E-state index contributed by atoms with van der Waals surface area (Å²) in [6, 6.07) is 3.08. The molecule has 9 heteroatoms. The average Bonchev–Trinajstić information content (AvgIpc) is 2.59. The van der Waals surface area contributed by atoms with Crippen LogP contribution in [0.1, 0.15) is 23.3 Å². The molecule has 1 fully saturated rings. The van der Waals surface area contributed by atoms with Crippen LogP contribution in [0.15, 0.2) is 33.8 Å². The maximum Gasteiger partial charge on any atom is 0.316 e. The number of hydrogen-bond donors (Lipinski definition) is 0. The molecule has 0 aliphatic carbocycles. The molecule has 126 valence electrons. The van der Waals surface area contributed by atoms with Crippen LogP contribution in [-0.2, 0) is 7.05 Å². The molecule has 2 aromatic heterocycles. The molecule has 0 aromatic carbocycles. The third-order valence-electron chi connectivity index (χ3n) is 3.71. The predicted octanol–water partition coefficient (Wildman–Crippen LogP) is 1.02. The second-order valence-electron chi connectivity index (χ2n) is 5.50. The van der Waals surface area contributed by atoms with E-state index in [1.54, 1.807) is 17.3 Å². The van der Waals surface area contributed by atoms with Crippen molar-refractivity contribution in [2.75, 3.05) is 13.1 Å². The largest absolute Gasteiger partial charge is 0.458 e. The Morgan fingerprint density at radius 2 is 2.08 bits per heavy atom. The van der Waals surface area contributed by atoms with Crippen LogP contribution in [-0.4, -0.2) is 49.7 Å². The number of amides is 1. The van der Waals surface area contributed by atoms with Crippen molar-refractivity contribution in [3.05, 3.63) is 45.0 Å². The monoisotopic (exact) mass is 393 g/mol. The number of piperidine rings is 1. The number of likely N-dealkylation sites (tertiary alicyclic amines) is 1. The molecule has 24 heavy (non-hydrogen) atoms. The standard InChI is InChI=1S/C15H16BrN5O3/c1-20-13(22)5-4-12(19-20)14(23)21-6-2-3-11(9-21)24-15-17-7-10(16)8-18-15/h4-5,7-8,11H,2-3,6,9H2,1H3/t11-/m1/s1. The van der Waals surface area contributed by atoms with Gasteiger partial charge in [-0.3, -0.25) is 9.59 Å². The number of nitrogens with zero attached hydrogens (tertiary/aromatic N) is 5. The first-order chi connectivity index (χ1) is 11.5. The van der Waals surface area contributed by atoms with Crippen molar-refractivity contribution in [3.8, 4) is 6.01 Å². The Morgan fingerprint density at radius 3 is 2.79 bits per heavy atom. The molecule has 0 spiro atoms. The lowest BCUT2D eigenvalue weighted by Gasteiger charge is -2.32. The second kappa shape index (κ2) is 7.08. The van der Waals surface area contributed by atoms with E-state index in [1.807, 2.05) is 0 Å². The van der Waals surface area contributed by atoms with Gasteiger partial charge in [0.25, 0.3) is 11.5 Å². The van der Waals surface area contributed by atoms with Gasteiger partial charge in [0, 0.05) is 32.1 Å². The Balaban J connectivity index is 1.68. The van der Waals surface area contributed by atoms with E-state index in [9.17, 15) is 9.59 Å². The molecule has 0 radical (unpaired) electrons. The molecule has 0 bridgehead atoms. The minimum atomic E-state index is -0.251. The molecule has 1 atom stereocenters. The van der Waals surface area contributed by atoms with Gasteiger partial charge >= 0.3 is 6.01 Å². The van der Waals surface area contributed by atoms with Crippen molar-refractivity contribution in [1.29, 1.82) is 0 Å². The summed E-state index contributed by atoms with van der Waals surface area (Å²) in [5, 5.41) is 4.01. The van der Waals surface area contributed by atoms with Gasteiger partial charge in [-0.25, -0.2) is 14.6 Å². The highest BCUT2D eigenvalue weighted by atomic mass is 79.9. The number of rotatable bonds is 3. The first-order valence-electron chi connectivity index (χ1n) is 7.51. The highest BCUT2D eigenvalue weighted by Crippen LogP contribution is 2.17. The number of halogens is 1. The Morgan fingerprint density at radius 1 is 1.33 bits per heavy atom. The van der Waals surface area contributed by atoms with Crippen molar-refractivity contribution in [1.82, 2.24) is 24.6 Å². The van der Waals surface area contributed by atoms with Gasteiger partial charge in [-0.05, 0) is 34.8 Å². The van der Waals surface area contributed by atoms with Gasteiger partial charge in [0.05, 0.1) is 11.0 Å². The molecule has 1 amide bonds. The molecule has 3 rings (SSSR count). The van der Waals surface area contributed by atoms with E-state index in [4.69, 9.17) is 4.74 Å². The zero-order valence-corrected chi connectivity index (χ0v) is 14.6. The fourth-order valence-corrected chi connectivity index (χ4v) is 2.71. The third kappa shape index (κ3) is 3.78. The fraction of sp³-hybridized carbons (Fsp3) is 0.400. The van der Waals surface area contributed by atoms with Gasteiger partial charge < -0.3 is 9.64 Å². The van der Waals surface area contributed by atoms with Crippen LogP contribution in [0.2, 0.25) is 0 Å². The van der Waals surface area contributed by atoms with Crippen molar-refractivity contribution in [2.24, 2.45) is 7.05 Å². The van der Waals surface area contributed by atoms with Gasteiger partial charge in [-0.2, -0.15) is 5.10 Å². The zero-order chi connectivity index (χ0) is 17.1. The lowest BCUT2D eigenvalue weighted by molar-refractivity contribution is 0.0508. The van der Waals surface area contributed by atoms with Crippen molar-refractivity contribution in [2.45, 2.75) is 18.9 Å². The maximum absolute atomic E-state index is 12.6. The summed E-state index contributed by atoms with van der Waals surface area (Å²) >= 11 is 3.27. The van der Waals surface area contributed by atoms with Gasteiger partial charge in [0.2, 0.25) is 0 Å². The summed E-state index contributed by atoms with van der Waals surface area (Å²) in [4.78, 5) is 33.8. The Hall–Kier alpha value is -2.29. The van der Waals surface area contributed by atoms with Gasteiger partial charge in [0.1, 0.15) is 11.8 Å². The van der Waals surface area contributed by atoms with E-state index < -0.39 is 0 Å². The van der Waals surface area contributed by atoms with Crippen molar-refractivity contribution >= 4 is 21.8 Å². The van der Waals surface area contributed by atoms with Crippen LogP contribution in [0.3, 0.4) is 0 Å². The van der Waals surface area contributed by atoms with E-state index in [-0.39, 0.29) is 29.3 Å². The zero-order valence-electron chi connectivity index (χ0n) is 13.1. The van der Waals surface area contributed by atoms with Crippen LogP contribution in [0.4, 0.5) is 0 Å². The molecule has 0 saturated carbocycles. The lowest BCUT2D eigenvalue weighted by Crippen LogP contribution is -2.45. The number of carbonyl (C=O) groups is 1. The summed E-state index contributed by atoms with van der Waals surface area (Å²) in [5.41, 5.74) is -0.00330. The molecule has 0 N–H and O–H groups in total. The molecule has 1 aliphatic rings. The van der Waals surface area contributed by atoms with Crippen LogP contribution in [0.25, 0.3) is 0 Å². The van der Waals surface area contributed by atoms with Gasteiger partial charge in [0.15, 0.2) is 0 Å². The molecular weight excluding hydrogens is 378 g/mol. The SMILES string of the molecule is Cn1nc(C(=O)N2CCC[C@@H](Oc3ncc(Br)cn3)C2)ccc1=O. The van der Waals surface area contributed by atoms with Crippen LogP contribution >= 0.6 is 15.9 Å². The summed E-state index contributed by atoms with van der Waals surface area (Å²) in [7, 11) is 1.52. The summed E-state index contributed by atoms with van der Waals surface area (Å²) in [5.74, 6) is -0.212. The first kappa shape index (κ1) is 16.6. The molecule has 2 aromatic rings. The quantitative estimate of drug-likeness (QED) is 0.772. The number of aromatic nitrogens is 4. The average molecular weight is 394 g/mol. The van der Waals surface area contributed by atoms with Crippen LogP contribution < -0.4 is 10.3 Å². The van der Waals surface area contributed by atoms with E-state index in [2.05, 4.69) is 31.0 Å². The minimum Gasteiger partial charge on any atom is -0.458 e. The third-order valence-corrected chi connectivity index (χ3v) is 4.12. The normalized spacial score (nSPS) is 17.6. The number of hydrogen-bond acceptors (Lipinski definition) is 6. The summed E-state index contributed by atoms with van der Waals surface area (Å²) in [6.45, 7) is 1.06. The molecule has 3 heterocycles. The highest BCUT2D eigenvalue weighted by molar-refractivity contribution is 9.10. The van der Waals surface area contributed by atoms with Gasteiger partial charge in [-0.15, -0.1) is 0 Å². The summed E-state index contributed by atoms with van der Waals surface area (Å²) in [6.07, 6.45) is 4.70. The minimum absolute atomic E-state index is 0.170. The van der Waals surface area contributed by atoms with Crippen molar-refractivity contribution in [3.63, 3.8) is 0 Å². The van der Waals surface area contributed by atoms with Gasteiger partial charge in [-0.1, -0.05) is 0 Å². The van der Waals surface area contributed by atoms with E-state index in [0.29, 0.717) is 13.1 Å². The molecular formula is C15H16BrN5O3. The summed E-state index contributed by atoms with van der Waals surface area (Å²) < 4.78 is 7.68. The number of ether oxygens (including phenoxy) is 1. The number of aryl methyl sites for hydroxylation is 1. The van der Waals surface area contributed by atoms with Crippen molar-refractivity contribution < 1.29 is 9.53 Å². The Labute approximate surface area is 146 Å². The van der Waals surface area contributed by atoms with E-state index in [1.165, 1.54) is 19.2 Å². The van der Waals surface area contributed by atoms with Crippen LogP contribution in [0, 0.1) is 0 Å².